The molecule has 7 heteroatoms. The third-order valence-corrected chi connectivity index (χ3v) is 2.65. The number of hydrogen-bond acceptors (Lipinski definition) is 6. The molecule has 3 N–H and O–H groups in total. The fourth-order valence-corrected chi connectivity index (χ4v) is 1.49. The summed E-state index contributed by atoms with van der Waals surface area (Å²) in [4.78, 5) is 11.5. The zero-order valence-corrected chi connectivity index (χ0v) is 10.4. The first-order chi connectivity index (χ1) is 7.43. The Kier molecular flexibility index (Phi) is 4.34. The molecule has 0 saturated carbocycles. The summed E-state index contributed by atoms with van der Waals surface area (Å²) in [5.41, 5.74) is -0.464. The van der Waals surface area contributed by atoms with E-state index in [2.05, 4.69) is 20.8 Å². The Morgan fingerprint density at radius 2 is 2.19 bits per heavy atom. The minimum absolute atomic E-state index is 0.0296. The van der Waals surface area contributed by atoms with E-state index in [0.717, 1.165) is 5.01 Å². The molecule has 0 aliphatic carbocycles. The molecule has 0 bridgehead atoms. The normalized spacial score (nSPS) is 11.5. The number of aryl methyl sites for hydroxylation is 1. The molecule has 0 aliphatic heterocycles. The van der Waals surface area contributed by atoms with Crippen LogP contribution >= 0.6 is 11.3 Å². The van der Waals surface area contributed by atoms with Crippen molar-refractivity contribution in [2.75, 3.05) is 18.5 Å². The highest BCUT2D eigenvalue weighted by Crippen LogP contribution is 2.13. The zero-order chi connectivity index (χ0) is 12.2. The van der Waals surface area contributed by atoms with Crippen molar-refractivity contribution in [1.29, 1.82) is 0 Å². The summed E-state index contributed by atoms with van der Waals surface area (Å²) in [7, 11) is 0. The number of hydrogen-bond donors (Lipinski definition) is 3. The zero-order valence-electron chi connectivity index (χ0n) is 9.57. The lowest BCUT2D eigenvalue weighted by atomic mass is 10.1. The number of nitrogens with one attached hydrogen (secondary N) is 2. The van der Waals surface area contributed by atoms with Crippen LogP contribution in [0.1, 0.15) is 18.9 Å². The Hall–Kier alpha value is -1.05. The van der Waals surface area contributed by atoms with Crippen molar-refractivity contribution in [1.82, 2.24) is 15.5 Å². The van der Waals surface area contributed by atoms with Gasteiger partial charge in [-0.25, -0.2) is 0 Å². The summed E-state index contributed by atoms with van der Waals surface area (Å²) in [5, 5.41) is 23.4. The maximum atomic E-state index is 11.5. The summed E-state index contributed by atoms with van der Waals surface area (Å²) < 4.78 is 0. The van der Waals surface area contributed by atoms with E-state index >= 15 is 0 Å². The van der Waals surface area contributed by atoms with Crippen LogP contribution in [0.4, 0.5) is 5.13 Å². The maximum Gasteiger partial charge on any atom is 0.240 e. The second-order valence-corrected chi connectivity index (χ2v) is 5.25. The molecule has 0 saturated heterocycles. The van der Waals surface area contributed by atoms with E-state index in [-0.39, 0.29) is 19.1 Å². The topological polar surface area (TPSA) is 87.1 Å². The molecule has 90 valence electrons. The van der Waals surface area contributed by atoms with Gasteiger partial charge in [0.05, 0.1) is 13.2 Å². The molecule has 0 aromatic carbocycles. The quantitative estimate of drug-likeness (QED) is 0.686. The molecule has 0 fully saturated rings. The van der Waals surface area contributed by atoms with Crippen LogP contribution in [0.15, 0.2) is 0 Å². The van der Waals surface area contributed by atoms with E-state index in [0.29, 0.717) is 5.13 Å². The van der Waals surface area contributed by atoms with Crippen molar-refractivity contribution >= 4 is 22.4 Å². The Morgan fingerprint density at radius 3 is 2.69 bits per heavy atom. The third-order valence-electron chi connectivity index (χ3n) is 1.90. The van der Waals surface area contributed by atoms with Crippen molar-refractivity contribution in [2.45, 2.75) is 26.3 Å². The molecule has 1 rings (SSSR count). The number of aromatic nitrogens is 2. The van der Waals surface area contributed by atoms with Crippen molar-refractivity contribution in [2.24, 2.45) is 0 Å². The van der Waals surface area contributed by atoms with Crippen LogP contribution < -0.4 is 10.6 Å². The van der Waals surface area contributed by atoms with Gasteiger partial charge >= 0.3 is 0 Å². The predicted octanol–water partition coefficient (Wildman–Crippen LogP) is 0.146. The number of carbonyl (C=O) groups is 1. The van der Waals surface area contributed by atoms with Gasteiger partial charge in [-0.05, 0) is 20.8 Å². The van der Waals surface area contributed by atoms with Gasteiger partial charge in [0.25, 0.3) is 0 Å². The monoisotopic (exact) mass is 244 g/mol. The van der Waals surface area contributed by atoms with Crippen LogP contribution in [0.2, 0.25) is 0 Å². The highest BCUT2D eigenvalue weighted by Gasteiger charge is 2.17. The number of amides is 1. The summed E-state index contributed by atoms with van der Waals surface area (Å²) in [6, 6.07) is 0. The van der Waals surface area contributed by atoms with E-state index in [1.807, 2.05) is 20.8 Å². The van der Waals surface area contributed by atoms with Crippen LogP contribution in [0.25, 0.3) is 0 Å². The molecule has 6 nitrogen and oxygen atoms in total. The summed E-state index contributed by atoms with van der Waals surface area (Å²) in [6.45, 7) is 5.55. The van der Waals surface area contributed by atoms with Gasteiger partial charge in [0, 0.05) is 5.54 Å². The van der Waals surface area contributed by atoms with Crippen LogP contribution in [0.3, 0.4) is 0 Å². The van der Waals surface area contributed by atoms with Gasteiger partial charge in [0.1, 0.15) is 5.01 Å². The Bertz CT molecular complexity index is 364. The van der Waals surface area contributed by atoms with Gasteiger partial charge in [0.2, 0.25) is 11.0 Å². The SMILES string of the molecule is Cc1nnc(NC(=O)CNC(C)(C)CO)s1. The lowest BCUT2D eigenvalue weighted by Gasteiger charge is -2.22. The first-order valence-electron chi connectivity index (χ1n) is 4.89. The average Bonchev–Trinajstić information content (AvgIpc) is 2.61. The second-order valence-electron chi connectivity index (χ2n) is 4.07. The lowest BCUT2D eigenvalue weighted by Crippen LogP contribution is -2.46. The maximum absolute atomic E-state index is 11.5. The Balaban J connectivity index is 2.37. The van der Waals surface area contributed by atoms with Gasteiger partial charge in [-0.2, -0.15) is 0 Å². The smallest absolute Gasteiger partial charge is 0.240 e. The molecule has 0 unspecified atom stereocenters. The largest absolute Gasteiger partial charge is 0.394 e. The van der Waals surface area contributed by atoms with Crippen molar-refractivity contribution < 1.29 is 9.90 Å². The fourth-order valence-electron chi connectivity index (χ4n) is 0.886. The first kappa shape index (κ1) is 13.0. The standard InChI is InChI=1S/C9H16N4O2S/c1-6-12-13-8(16-6)11-7(15)4-10-9(2,3)5-14/h10,14H,4-5H2,1-3H3,(H,11,13,15). The molecule has 0 spiro atoms. The summed E-state index contributed by atoms with van der Waals surface area (Å²) in [6.07, 6.45) is 0. The minimum Gasteiger partial charge on any atom is -0.394 e. The fraction of sp³-hybridized carbons (Fsp3) is 0.667. The lowest BCUT2D eigenvalue weighted by molar-refractivity contribution is -0.115. The number of nitrogens with zero attached hydrogens (tertiary/aromatic N) is 2. The molecular weight excluding hydrogens is 228 g/mol. The van der Waals surface area contributed by atoms with Crippen molar-refractivity contribution in [3.05, 3.63) is 5.01 Å². The van der Waals surface area contributed by atoms with Gasteiger partial charge in [-0.15, -0.1) is 10.2 Å². The van der Waals surface area contributed by atoms with E-state index in [9.17, 15) is 4.79 Å². The van der Waals surface area contributed by atoms with E-state index in [1.165, 1.54) is 11.3 Å². The number of carbonyl (C=O) groups excluding carboxylic acids is 1. The van der Waals surface area contributed by atoms with Crippen molar-refractivity contribution in [3.8, 4) is 0 Å². The Morgan fingerprint density at radius 1 is 1.50 bits per heavy atom. The van der Waals surface area contributed by atoms with E-state index in [4.69, 9.17) is 5.11 Å². The molecule has 1 aromatic rings. The predicted molar refractivity (Wildman–Crippen MR) is 62.4 cm³/mol. The minimum atomic E-state index is -0.464. The molecular formula is C9H16N4O2S. The molecule has 1 amide bonds. The van der Waals surface area contributed by atoms with Crippen LogP contribution in [0, 0.1) is 6.92 Å². The molecule has 16 heavy (non-hydrogen) atoms. The summed E-state index contributed by atoms with van der Waals surface area (Å²) in [5.74, 6) is -0.197. The highest BCUT2D eigenvalue weighted by atomic mass is 32.1. The number of rotatable bonds is 5. The van der Waals surface area contributed by atoms with Crippen LogP contribution in [0.5, 0.6) is 0 Å². The second kappa shape index (κ2) is 5.33. The number of aliphatic hydroxyl groups excluding tert-OH is 1. The Labute approximate surface area is 98.1 Å². The molecule has 0 radical (unpaired) electrons. The van der Waals surface area contributed by atoms with Crippen LogP contribution in [-0.2, 0) is 4.79 Å². The molecule has 0 atom stereocenters. The first-order valence-corrected chi connectivity index (χ1v) is 5.70. The number of anilines is 1. The van der Waals surface area contributed by atoms with Gasteiger partial charge in [-0.1, -0.05) is 11.3 Å². The van der Waals surface area contributed by atoms with Gasteiger partial charge in [-0.3, -0.25) is 10.1 Å². The van der Waals surface area contributed by atoms with Crippen molar-refractivity contribution in [3.63, 3.8) is 0 Å². The molecule has 1 aromatic heterocycles. The summed E-state index contributed by atoms with van der Waals surface area (Å²) >= 11 is 1.32. The van der Waals surface area contributed by atoms with E-state index < -0.39 is 5.54 Å². The molecule has 0 aliphatic rings. The molecule has 1 heterocycles. The van der Waals surface area contributed by atoms with E-state index in [1.54, 1.807) is 0 Å². The van der Waals surface area contributed by atoms with Gasteiger partial charge in [0.15, 0.2) is 0 Å². The number of aliphatic hydroxyl groups is 1. The third kappa shape index (κ3) is 4.21. The van der Waals surface area contributed by atoms with Crippen LogP contribution in [-0.4, -0.2) is 39.9 Å². The highest BCUT2D eigenvalue weighted by molar-refractivity contribution is 7.15. The van der Waals surface area contributed by atoms with Gasteiger partial charge < -0.3 is 10.4 Å². The average molecular weight is 244 g/mol.